The van der Waals surface area contributed by atoms with Crippen LogP contribution in [-0.4, -0.2) is 24.1 Å². The summed E-state index contributed by atoms with van der Waals surface area (Å²) in [4.78, 5) is 25.3. The normalized spacial score (nSPS) is 31.0. The molecular weight excluding hydrogens is 395 g/mol. The zero-order chi connectivity index (χ0) is 21.5. The molecule has 4 bridgehead atoms. The highest BCUT2D eigenvalue weighted by Crippen LogP contribution is 2.60. The van der Waals surface area contributed by atoms with E-state index in [1.165, 1.54) is 37.5 Å². The maximum Gasteiger partial charge on any atom is 0.417 e. The lowest BCUT2D eigenvalue weighted by molar-refractivity contribution is -0.148. The quantitative estimate of drug-likeness (QED) is 0.560. The molecule has 0 radical (unpaired) electrons. The van der Waals surface area contributed by atoms with E-state index in [9.17, 15) is 22.8 Å². The Kier molecular flexibility index (Phi) is 5.36. The molecule has 2 amide bonds. The number of halogens is 3. The highest BCUT2D eigenvalue weighted by Gasteiger charge is 2.54. The maximum atomic E-state index is 13.0. The van der Waals surface area contributed by atoms with Crippen molar-refractivity contribution in [1.29, 1.82) is 0 Å². The Labute approximate surface area is 173 Å². The van der Waals surface area contributed by atoms with Gasteiger partial charge < -0.3 is 5.32 Å². The lowest BCUT2D eigenvalue weighted by atomic mass is 9.49. The van der Waals surface area contributed by atoms with Crippen molar-refractivity contribution in [1.82, 2.24) is 10.7 Å². The minimum absolute atomic E-state index is 0.0735. The van der Waals surface area contributed by atoms with Crippen LogP contribution in [0.15, 0.2) is 29.4 Å². The molecule has 0 spiro atoms. The molecule has 0 saturated heterocycles. The summed E-state index contributed by atoms with van der Waals surface area (Å²) in [7, 11) is 0. The van der Waals surface area contributed by atoms with Gasteiger partial charge in [0.2, 0.25) is 5.91 Å². The van der Waals surface area contributed by atoms with Crippen molar-refractivity contribution in [3.63, 3.8) is 0 Å². The van der Waals surface area contributed by atoms with Crippen LogP contribution in [0.1, 0.15) is 56.6 Å². The third kappa shape index (κ3) is 4.09. The molecular formula is C22H26F3N3O2. The van der Waals surface area contributed by atoms with Crippen molar-refractivity contribution in [2.45, 2.75) is 57.7 Å². The van der Waals surface area contributed by atoms with Gasteiger partial charge in [0.25, 0.3) is 5.91 Å². The summed E-state index contributed by atoms with van der Waals surface area (Å²) in [5, 5.41) is 6.48. The van der Waals surface area contributed by atoms with Crippen LogP contribution < -0.4 is 10.7 Å². The van der Waals surface area contributed by atoms with Crippen LogP contribution in [0, 0.1) is 23.2 Å². The van der Waals surface area contributed by atoms with Gasteiger partial charge in [-0.1, -0.05) is 18.2 Å². The molecule has 4 saturated carbocycles. The minimum atomic E-state index is -4.51. The zero-order valence-electron chi connectivity index (χ0n) is 16.8. The summed E-state index contributed by atoms with van der Waals surface area (Å²) in [5.74, 6) is 1.21. The summed E-state index contributed by atoms with van der Waals surface area (Å²) >= 11 is 0. The van der Waals surface area contributed by atoms with E-state index in [2.05, 4.69) is 15.8 Å². The van der Waals surface area contributed by atoms with Gasteiger partial charge in [0, 0.05) is 11.0 Å². The number of hydrogen-bond donors (Lipinski definition) is 2. The third-order valence-corrected chi connectivity index (χ3v) is 6.91. The topological polar surface area (TPSA) is 70.6 Å². The molecule has 0 aromatic heterocycles. The molecule has 0 aliphatic heterocycles. The van der Waals surface area contributed by atoms with Crippen LogP contribution in [0.4, 0.5) is 13.2 Å². The highest BCUT2D eigenvalue weighted by atomic mass is 19.4. The zero-order valence-corrected chi connectivity index (χ0v) is 16.8. The fourth-order valence-corrected chi connectivity index (χ4v) is 5.93. The van der Waals surface area contributed by atoms with Crippen molar-refractivity contribution in [2.75, 3.05) is 0 Å². The summed E-state index contributed by atoms with van der Waals surface area (Å²) in [6.07, 6.45) is 2.80. The molecule has 4 aliphatic rings. The number of hydrazone groups is 1. The number of carbonyl (C=O) groups is 2. The second-order valence-corrected chi connectivity index (χ2v) is 9.21. The van der Waals surface area contributed by atoms with Gasteiger partial charge in [0.05, 0.1) is 11.8 Å². The fraction of sp³-hybridized carbons (Fsp3) is 0.591. The molecule has 0 heterocycles. The number of carbonyl (C=O) groups excluding carboxylic acids is 2. The summed E-state index contributed by atoms with van der Waals surface area (Å²) in [6, 6.07) is 4.17. The Balaban J connectivity index is 1.35. The van der Waals surface area contributed by atoms with E-state index in [1.807, 2.05) is 0 Å². The minimum Gasteiger partial charge on any atom is -0.344 e. The Morgan fingerprint density at radius 1 is 1.10 bits per heavy atom. The number of benzene rings is 1. The predicted octanol–water partition coefficient (Wildman–Crippen LogP) is 3.88. The smallest absolute Gasteiger partial charge is 0.344 e. The first-order valence-corrected chi connectivity index (χ1v) is 10.5. The van der Waals surface area contributed by atoms with Gasteiger partial charge >= 0.3 is 6.18 Å². The molecule has 1 atom stereocenters. The number of nitrogens with zero attached hydrogens (tertiary/aromatic N) is 1. The number of hydrogen-bond acceptors (Lipinski definition) is 3. The summed E-state index contributed by atoms with van der Waals surface area (Å²) < 4.78 is 39.1. The average Bonchev–Trinajstić information content (AvgIpc) is 2.66. The van der Waals surface area contributed by atoms with Gasteiger partial charge in [0.15, 0.2) is 0 Å². The van der Waals surface area contributed by atoms with Crippen LogP contribution in [0.25, 0.3) is 0 Å². The maximum absolute atomic E-state index is 13.0. The van der Waals surface area contributed by atoms with Crippen LogP contribution >= 0.6 is 0 Å². The van der Waals surface area contributed by atoms with Gasteiger partial charge in [-0.2, -0.15) is 18.3 Å². The molecule has 4 fully saturated rings. The molecule has 5 rings (SSSR count). The van der Waals surface area contributed by atoms with Gasteiger partial charge in [-0.15, -0.1) is 0 Å². The van der Waals surface area contributed by atoms with Crippen LogP contribution in [0.2, 0.25) is 0 Å². The van der Waals surface area contributed by atoms with Crippen molar-refractivity contribution in [3.8, 4) is 0 Å². The second kappa shape index (κ2) is 7.71. The lowest BCUT2D eigenvalue weighted by Crippen LogP contribution is -2.56. The van der Waals surface area contributed by atoms with E-state index < -0.39 is 23.7 Å². The first kappa shape index (κ1) is 20.9. The first-order chi connectivity index (χ1) is 14.2. The number of rotatable bonds is 5. The van der Waals surface area contributed by atoms with Crippen molar-refractivity contribution >= 4 is 18.0 Å². The average molecular weight is 421 g/mol. The number of alkyl halides is 3. The van der Waals surface area contributed by atoms with E-state index in [-0.39, 0.29) is 16.9 Å². The lowest BCUT2D eigenvalue weighted by Gasteiger charge is -2.55. The standard InChI is InChI=1S/C22H26F3N3O2/c1-13(19(29)28-26-12-17-4-2-3-5-18(17)22(23,24)25)27-20(30)21-9-14-6-15(10-21)8-16(7-14)11-21/h2-5,12-16H,6-11H2,1H3,(H,27,30)(H,28,29). The van der Waals surface area contributed by atoms with Crippen molar-refractivity contribution in [2.24, 2.45) is 28.3 Å². The van der Waals surface area contributed by atoms with E-state index in [0.717, 1.165) is 31.5 Å². The molecule has 30 heavy (non-hydrogen) atoms. The van der Waals surface area contributed by atoms with Crippen LogP contribution in [0.5, 0.6) is 0 Å². The van der Waals surface area contributed by atoms with Gasteiger partial charge in [-0.05, 0) is 69.3 Å². The highest BCUT2D eigenvalue weighted by molar-refractivity contribution is 5.91. The predicted molar refractivity (Wildman–Crippen MR) is 105 cm³/mol. The van der Waals surface area contributed by atoms with Gasteiger partial charge in [-0.25, -0.2) is 5.43 Å². The monoisotopic (exact) mass is 421 g/mol. The van der Waals surface area contributed by atoms with E-state index in [0.29, 0.717) is 17.8 Å². The first-order valence-electron chi connectivity index (χ1n) is 10.5. The molecule has 5 nitrogen and oxygen atoms in total. The molecule has 2 N–H and O–H groups in total. The van der Waals surface area contributed by atoms with E-state index in [1.54, 1.807) is 6.92 Å². The number of nitrogens with one attached hydrogen (secondary N) is 2. The Morgan fingerprint density at radius 2 is 1.67 bits per heavy atom. The second-order valence-electron chi connectivity index (χ2n) is 9.21. The van der Waals surface area contributed by atoms with E-state index in [4.69, 9.17) is 0 Å². The van der Waals surface area contributed by atoms with Crippen molar-refractivity contribution in [3.05, 3.63) is 35.4 Å². The molecule has 162 valence electrons. The largest absolute Gasteiger partial charge is 0.417 e. The molecule has 1 unspecified atom stereocenters. The summed E-state index contributed by atoms with van der Waals surface area (Å²) in [5.41, 5.74) is 0.904. The Hall–Kier alpha value is -2.38. The van der Waals surface area contributed by atoms with Crippen molar-refractivity contribution < 1.29 is 22.8 Å². The molecule has 1 aromatic carbocycles. The summed E-state index contributed by atoms with van der Waals surface area (Å²) in [6.45, 7) is 1.56. The Morgan fingerprint density at radius 3 is 2.23 bits per heavy atom. The van der Waals surface area contributed by atoms with Crippen LogP contribution in [0.3, 0.4) is 0 Å². The molecule has 4 aliphatic carbocycles. The van der Waals surface area contributed by atoms with Crippen LogP contribution in [-0.2, 0) is 15.8 Å². The molecule has 8 heteroatoms. The Bertz CT molecular complexity index is 830. The van der Waals surface area contributed by atoms with Gasteiger partial charge in [-0.3, -0.25) is 9.59 Å². The van der Waals surface area contributed by atoms with E-state index >= 15 is 0 Å². The SMILES string of the molecule is CC(NC(=O)C12CC3CC(CC(C3)C1)C2)C(=O)NN=Cc1ccccc1C(F)(F)F. The fourth-order valence-electron chi connectivity index (χ4n) is 5.93. The van der Waals surface area contributed by atoms with Gasteiger partial charge in [0.1, 0.15) is 6.04 Å². The molecule has 1 aromatic rings. The third-order valence-electron chi connectivity index (χ3n) is 6.91. The number of amides is 2.